The van der Waals surface area contributed by atoms with Crippen LogP contribution in [0.2, 0.25) is 0 Å². The second kappa shape index (κ2) is 6.53. The second-order valence-electron chi connectivity index (χ2n) is 4.50. The van der Waals surface area contributed by atoms with E-state index in [0.29, 0.717) is 5.92 Å². The zero-order valence-corrected chi connectivity index (χ0v) is 13.5. The van der Waals surface area contributed by atoms with Crippen LogP contribution in [0.25, 0.3) is 0 Å². The fourth-order valence-corrected chi connectivity index (χ4v) is 2.93. The van der Waals surface area contributed by atoms with Crippen molar-refractivity contribution in [2.75, 3.05) is 5.33 Å². The largest absolute Gasteiger partial charge is 0.276 e. The van der Waals surface area contributed by atoms with Crippen LogP contribution in [0.5, 0.6) is 0 Å². The zero-order valence-electron chi connectivity index (χ0n) is 10.3. The predicted molar refractivity (Wildman–Crippen MR) is 82.0 cm³/mol. The van der Waals surface area contributed by atoms with Crippen LogP contribution >= 0.6 is 31.9 Å². The molecule has 2 aromatic rings. The Bertz CT molecular complexity index is 508. The maximum absolute atomic E-state index is 4.45. The smallest absolute Gasteiger partial charge is 0.0627 e. The normalized spacial score (nSPS) is 12.6. The Morgan fingerprint density at radius 3 is 2.61 bits per heavy atom. The Morgan fingerprint density at radius 1 is 1.22 bits per heavy atom. The van der Waals surface area contributed by atoms with Crippen molar-refractivity contribution >= 4 is 31.9 Å². The molecule has 2 rings (SSSR count). The summed E-state index contributed by atoms with van der Waals surface area (Å²) in [5, 5.41) is 5.44. The van der Waals surface area contributed by atoms with Crippen molar-refractivity contribution in [2.45, 2.75) is 12.8 Å². The van der Waals surface area contributed by atoms with E-state index in [-0.39, 0.29) is 0 Å². The zero-order chi connectivity index (χ0) is 13.0. The lowest BCUT2D eigenvalue weighted by Gasteiger charge is -2.13. The van der Waals surface area contributed by atoms with Crippen molar-refractivity contribution in [2.24, 2.45) is 13.0 Å². The van der Waals surface area contributed by atoms with Gasteiger partial charge in [-0.05, 0) is 36.5 Å². The van der Waals surface area contributed by atoms with Gasteiger partial charge in [-0.25, -0.2) is 0 Å². The van der Waals surface area contributed by atoms with Crippen LogP contribution in [0.4, 0.5) is 0 Å². The van der Waals surface area contributed by atoms with E-state index < -0.39 is 0 Å². The van der Waals surface area contributed by atoms with Crippen LogP contribution in [0.15, 0.2) is 41.0 Å². The molecule has 0 bridgehead atoms. The highest BCUT2D eigenvalue weighted by Gasteiger charge is 2.12. The monoisotopic (exact) mass is 370 g/mol. The molecule has 0 amide bonds. The van der Waals surface area contributed by atoms with Gasteiger partial charge in [0.1, 0.15) is 0 Å². The number of hydrogen-bond donors (Lipinski definition) is 0. The van der Waals surface area contributed by atoms with E-state index in [1.165, 1.54) is 10.0 Å². The van der Waals surface area contributed by atoms with E-state index in [0.717, 1.165) is 23.9 Å². The van der Waals surface area contributed by atoms with E-state index in [9.17, 15) is 0 Å². The highest BCUT2D eigenvalue weighted by molar-refractivity contribution is 9.10. The Kier molecular flexibility index (Phi) is 5.01. The fourth-order valence-electron chi connectivity index (χ4n) is 2.02. The number of halogens is 2. The molecule has 1 atom stereocenters. The number of aromatic nitrogens is 2. The molecular formula is C14H16Br2N2. The van der Waals surface area contributed by atoms with Gasteiger partial charge in [-0.3, -0.25) is 4.68 Å². The van der Waals surface area contributed by atoms with Crippen molar-refractivity contribution in [1.82, 2.24) is 9.78 Å². The van der Waals surface area contributed by atoms with Gasteiger partial charge in [0.15, 0.2) is 0 Å². The molecule has 0 fully saturated rings. The summed E-state index contributed by atoms with van der Waals surface area (Å²) < 4.78 is 3.05. The SMILES string of the molecule is Cn1ccc(CC(CBr)Cc2ccccc2Br)n1. The molecule has 0 aliphatic rings. The highest BCUT2D eigenvalue weighted by Crippen LogP contribution is 2.22. The number of benzene rings is 1. The van der Waals surface area contributed by atoms with Crippen molar-refractivity contribution in [3.8, 4) is 0 Å². The van der Waals surface area contributed by atoms with Gasteiger partial charge >= 0.3 is 0 Å². The lowest BCUT2D eigenvalue weighted by Crippen LogP contribution is -2.11. The molecule has 0 N–H and O–H groups in total. The molecule has 2 nitrogen and oxygen atoms in total. The van der Waals surface area contributed by atoms with E-state index >= 15 is 0 Å². The third-order valence-corrected chi connectivity index (χ3v) is 4.64. The molecule has 0 spiro atoms. The minimum atomic E-state index is 0.568. The van der Waals surface area contributed by atoms with Gasteiger partial charge in [-0.2, -0.15) is 5.10 Å². The summed E-state index contributed by atoms with van der Waals surface area (Å²) in [4.78, 5) is 0. The Morgan fingerprint density at radius 2 is 2.00 bits per heavy atom. The highest BCUT2D eigenvalue weighted by atomic mass is 79.9. The van der Waals surface area contributed by atoms with Crippen LogP contribution in [-0.2, 0) is 19.9 Å². The van der Waals surface area contributed by atoms with E-state index in [4.69, 9.17) is 0 Å². The predicted octanol–water partition coefficient (Wildman–Crippen LogP) is 3.98. The second-order valence-corrected chi connectivity index (χ2v) is 6.00. The third kappa shape index (κ3) is 3.69. The standard InChI is InChI=1S/C14H16Br2N2/c1-18-7-6-13(17-18)9-11(10-15)8-12-4-2-3-5-14(12)16/h2-7,11H,8-10H2,1H3. The van der Waals surface area contributed by atoms with Crippen molar-refractivity contribution in [1.29, 1.82) is 0 Å². The van der Waals surface area contributed by atoms with E-state index in [2.05, 4.69) is 67.3 Å². The molecule has 96 valence electrons. The molecule has 0 saturated carbocycles. The van der Waals surface area contributed by atoms with Gasteiger partial charge in [0.25, 0.3) is 0 Å². The van der Waals surface area contributed by atoms with Crippen LogP contribution in [0, 0.1) is 5.92 Å². The topological polar surface area (TPSA) is 17.8 Å². The van der Waals surface area contributed by atoms with Gasteiger partial charge in [0.05, 0.1) is 5.69 Å². The molecule has 0 radical (unpaired) electrons. The number of nitrogens with zero attached hydrogens (tertiary/aromatic N) is 2. The summed E-state index contributed by atoms with van der Waals surface area (Å²) in [6, 6.07) is 10.5. The molecular weight excluding hydrogens is 356 g/mol. The van der Waals surface area contributed by atoms with Crippen molar-refractivity contribution in [3.63, 3.8) is 0 Å². The van der Waals surface area contributed by atoms with Crippen LogP contribution in [-0.4, -0.2) is 15.1 Å². The third-order valence-electron chi connectivity index (χ3n) is 2.95. The lowest BCUT2D eigenvalue weighted by molar-refractivity contribution is 0.573. The van der Waals surface area contributed by atoms with Crippen LogP contribution in [0.3, 0.4) is 0 Å². The molecule has 1 aromatic heterocycles. The number of alkyl halides is 1. The van der Waals surface area contributed by atoms with Gasteiger partial charge in [0.2, 0.25) is 0 Å². The first-order chi connectivity index (χ1) is 8.69. The molecule has 0 aliphatic carbocycles. The first-order valence-corrected chi connectivity index (χ1v) is 7.88. The Labute approximate surface area is 125 Å². The average Bonchev–Trinajstić information content (AvgIpc) is 2.76. The summed E-state index contributed by atoms with van der Waals surface area (Å²) in [6.07, 6.45) is 4.07. The number of aryl methyl sites for hydroxylation is 1. The minimum Gasteiger partial charge on any atom is -0.276 e. The first kappa shape index (κ1) is 13.8. The maximum atomic E-state index is 4.45. The number of hydrogen-bond acceptors (Lipinski definition) is 1. The maximum Gasteiger partial charge on any atom is 0.0627 e. The van der Waals surface area contributed by atoms with Gasteiger partial charge in [-0.15, -0.1) is 0 Å². The summed E-state index contributed by atoms with van der Waals surface area (Å²) in [5.74, 6) is 0.568. The van der Waals surface area contributed by atoms with Gasteiger partial charge < -0.3 is 0 Å². The Balaban J connectivity index is 2.04. The lowest BCUT2D eigenvalue weighted by atomic mass is 9.97. The summed E-state index contributed by atoms with van der Waals surface area (Å²) >= 11 is 7.22. The molecule has 18 heavy (non-hydrogen) atoms. The summed E-state index contributed by atoms with van der Waals surface area (Å²) in [6.45, 7) is 0. The molecule has 1 aromatic carbocycles. The van der Waals surface area contributed by atoms with E-state index in [1.54, 1.807) is 0 Å². The van der Waals surface area contributed by atoms with Crippen molar-refractivity contribution < 1.29 is 0 Å². The minimum absolute atomic E-state index is 0.568. The molecule has 0 aliphatic heterocycles. The molecule has 4 heteroatoms. The average molecular weight is 372 g/mol. The number of rotatable bonds is 5. The van der Waals surface area contributed by atoms with Crippen molar-refractivity contribution in [3.05, 3.63) is 52.3 Å². The molecule has 1 heterocycles. The molecule has 0 saturated heterocycles. The van der Waals surface area contributed by atoms with Crippen LogP contribution < -0.4 is 0 Å². The summed E-state index contributed by atoms with van der Waals surface area (Å²) in [5.41, 5.74) is 2.52. The van der Waals surface area contributed by atoms with Gasteiger partial charge in [0, 0.05) is 23.0 Å². The fraction of sp³-hybridized carbons (Fsp3) is 0.357. The van der Waals surface area contributed by atoms with E-state index in [1.807, 2.05) is 17.9 Å². The summed E-state index contributed by atoms with van der Waals surface area (Å²) in [7, 11) is 1.96. The Hall–Kier alpha value is -0.610. The van der Waals surface area contributed by atoms with Gasteiger partial charge in [-0.1, -0.05) is 50.1 Å². The quantitative estimate of drug-likeness (QED) is 0.727. The molecule has 1 unspecified atom stereocenters. The van der Waals surface area contributed by atoms with Crippen LogP contribution in [0.1, 0.15) is 11.3 Å². The first-order valence-electron chi connectivity index (χ1n) is 5.97.